The third kappa shape index (κ3) is 5.32. The zero-order chi connectivity index (χ0) is 13.5. The van der Waals surface area contributed by atoms with Crippen molar-refractivity contribution in [2.45, 2.75) is 39.0 Å². The molecule has 1 fully saturated rings. The summed E-state index contributed by atoms with van der Waals surface area (Å²) in [6.07, 6.45) is 1.72. The van der Waals surface area contributed by atoms with Crippen molar-refractivity contribution >= 4 is 23.4 Å². The van der Waals surface area contributed by atoms with Crippen LogP contribution in [-0.4, -0.2) is 11.8 Å². The van der Waals surface area contributed by atoms with Crippen molar-refractivity contribution in [1.82, 2.24) is 5.32 Å². The van der Waals surface area contributed by atoms with Crippen LogP contribution < -0.4 is 5.32 Å². The molecule has 1 aliphatic heterocycles. The Morgan fingerprint density at radius 3 is 1.89 bits per heavy atom. The highest BCUT2D eigenvalue weighted by atomic mass is 35.5. The SMILES string of the molecule is CC(C)c1ccc(Cl)cc1.O=C1CCCC(=O)N1. The van der Waals surface area contributed by atoms with Crippen LogP contribution in [0.4, 0.5) is 0 Å². The summed E-state index contributed by atoms with van der Waals surface area (Å²) in [5.41, 5.74) is 1.34. The van der Waals surface area contributed by atoms with Gasteiger partial charge >= 0.3 is 0 Å². The Bertz CT molecular complexity index is 398. The highest BCUT2D eigenvalue weighted by molar-refractivity contribution is 6.30. The molecule has 1 saturated heterocycles. The quantitative estimate of drug-likeness (QED) is 0.794. The van der Waals surface area contributed by atoms with Crippen LogP contribution in [0.5, 0.6) is 0 Å². The first kappa shape index (κ1) is 14.7. The van der Waals surface area contributed by atoms with Crippen LogP contribution in [0.2, 0.25) is 5.02 Å². The Hall–Kier alpha value is -1.35. The van der Waals surface area contributed by atoms with Gasteiger partial charge in [0.2, 0.25) is 11.8 Å². The van der Waals surface area contributed by atoms with Crippen molar-refractivity contribution in [3.05, 3.63) is 34.9 Å². The topological polar surface area (TPSA) is 46.2 Å². The lowest BCUT2D eigenvalue weighted by atomic mass is 10.0. The second kappa shape index (κ2) is 7.17. The van der Waals surface area contributed by atoms with Gasteiger partial charge in [-0.25, -0.2) is 0 Å². The second-order valence-electron chi connectivity index (χ2n) is 4.53. The third-order valence-corrected chi connectivity index (χ3v) is 2.88. The minimum atomic E-state index is -0.138. The molecule has 1 N–H and O–H groups in total. The molecule has 0 bridgehead atoms. The molecule has 0 saturated carbocycles. The van der Waals surface area contributed by atoms with Gasteiger partial charge in [-0.2, -0.15) is 0 Å². The standard InChI is InChI=1S/C9H11Cl.C5H7NO2/c1-7(2)8-3-5-9(10)6-4-8;7-4-2-1-3-5(8)6-4/h3-7H,1-2H3;1-3H2,(H,6,7,8). The fourth-order valence-corrected chi connectivity index (χ4v) is 1.66. The molecule has 98 valence electrons. The number of carbonyl (C=O) groups excluding carboxylic acids is 2. The molecule has 1 aromatic rings. The number of halogens is 1. The number of nitrogens with one attached hydrogen (secondary N) is 1. The van der Waals surface area contributed by atoms with Gasteiger partial charge in [0.1, 0.15) is 0 Å². The molecule has 1 aromatic carbocycles. The number of benzene rings is 1. The number of imide groups is 1. The maximum Gasteiger partial charge on any atom is 0.226 e. The van der Waals surface area contributed by atoms with E-state index in [1.54, 1.807) is 0 Å². The van der Waals surface area contributed by atoms with E-state index in [0.717, 1.165) is 5.02 Å². The summed E-state index contributed by atoms with van der Waals surface area (Å²) >= 11 is 5.72. The minimum Gasteiger partial charge on any atom is -0.296 e. The van der Waals surface area contributed by atoms with Crippen LogP contribution in [0, 0.1) is 0 Å². The van der Waals surface area contributed by atoms with E-state index in [0.29, 0.717) is 25.2 Å². The van der Waals surface area contributed by atoms with Crippen LogP contribution in [-0.2, 0) is 9.59 Å². The zero-order valence-electron chi connectivity index (χ0n) is 10.7. The van der Waals surface area contributed by atoms with Crippen LogP contribution in [0.1, 0.15) is 44.6 Å². The molecule has 0 radical (unpaired) electrons. The molecule has 0 aliphatic carbocycles. The average Bonchev–Trinajstić information content (AvgIpc) is 2.30. The van der Waals surface area contributed by atoms with Gasteiger partial charge in [0, 0.05) is 17.9 Å². The zero-order valence-corrected chi connectivity index (χ0v) is 11.5. The normalized spacial score (nSPS) is 14.9. The van der Waals surface area contributed by atoms with E-state index in [1.807, 2.05) is 12.1 Å². The first-order valence-corrected chi connectivity index (χ1v) is 6.45. The van der Waals surface area contributed by atoms with E-state index >= 15 is 0 Å². The predicted octanol–water partition coefficient (Wildman–Crippen LogP) is 3.28. The fourth-order valence-electron chi connectivity index (χ4n) is 1.54. The molecular formula is C14H18ClNO2. The fraction of sp³-hybridized carbons (Fsp3) is 0.429. The largest absolute Gasteiger partial charge is 0.296 e. The number of carbonyl (C=O) groups is 2. The van der Waals surface area contributed by atoms with Gasteiger partial charge in [0.05, 0.1) is 0 Å². The van der Waals surface area contributed by atoms with Gasteiger partial charge in [0.15, 0.2) is 0 Å². The van der Waals surface area contributed by atoms with Crippen molar-refractivity contribution in [2.75, 3.05) is 0 Å². The van der Waals surface area contributed by atoms with E-state index in [4.69, 9.17) is 11.6 Å². The number of hydrogen-bond donors (Lipinski definition) is 1. The highest BCUT2D eigenvalue weighted by Gasteiger charge is 2.12. The number of amides is 2. The van der Waals surface area contributed by atoms with Gasteiger partial charge in [-0.3, -0.25) is 14.9 Å². The van der Waals surface area contributed by atoms with Gasteiger partial charge < -0.3 is 0 Å². The molecule has 2 amide bonds. The Labute approximate surface area is 113 Å². The van der Waals surface area contributed by atoms with Gasteiger partial charge in [0.25, 0.3) is 0 Å². The first-order valence-electron chi connectivity index (χ1n) is 6.07. The average molecular weight is 268 g/mol. The van der Waals surface area contributed by atoms with E-state index < -0.39 is 0 Å². The van der Waals surface area contributed by atoms with Crippen LogP contribution in [0.15, 0.2) is 24.3 Å². The molecule has 0 unspecified atom stereocenters. The molecule has 4 heteroatoms. The first-order chi connectivity index (χ1) is 8.49. The van der Waals surface area contributed by atoms with Crippen molar-refractivity contribution in [3.63, 3.8) is 0 Å². The van der Waals surface area contributed by atoms with E-state index in [2.05, 4.69) is 31.3 Å². The predicted molar refractivity (Wildman–Crippen MR) is 72.5 cm³/mol. The van der Waals surface area contributed by atoms with E-state index in [9.17, 15) is 9.59 Å². The molecule has 3 nitrogen and oxygen atoms in total. The summed E-state index contributed by atoms with van der Waals surface area (Å²) in [7, 11) is 0. The molecule has 1 aliphatic rings. The van der Waals surface area contributed by atoms with Crippen molar-refractivity contribution in [3.8, 4) is 0 Å². The Morgan fingerprint density at radius 2 is 1.56 bits per heavy atom. The maximum atomic E-state index is 10.3. The molecule has 1 heterocycles. The minimum absolute atomic E-state index is 0.138. The smallest absolute Gasteiger partial charge is 0.226 e. The highest BCUT2D eigenvalue weighted by Crippen LogP contribution is 2.16. The Morgan fingerprint density at radius 1 is 1.06 bits per heavy atom. The summed E-state index contributed by atoms with van der Waals surface area (Å²) in [5, 5.41) is 3.01. The summed E-state index contributed by atoms with van der Waals surface area (Å²) < 4.78 is 0. The molecule has 0 spiro atoms. The van der Waals surface area contributed by atoms with Gasteiger partial charge in [-0.1, -0.05) is 37.6 Å². The van der Waals surface area contributed by atoms with Crippen LogP contribution in [0.3, 0.4) is 0 Å². The summed E-state index contributed by atoms with van der Waals surface area (Å²) in [5.74, 6) is 0.319. The molecule has 0 atom stereocenters. The summed E-state index contributed by atoms with van der Waals surface area (Å²) in [6.45, 7) is 4.34. The lowest BCUT2D eigenvalue weighted by molar-refractivity contribution is -0.132. The number of rotatable bonds is 1. The monoisotopic (exact) mass is 267 g/mol. The molecule has 0 aromatic heterocycles. The Balaban J connectivity index is 0.000000184. The summed E-state index contributed by atoms with van der Waals surface area (Å²) in [6, 6.07) is 7.98. The number of piperidine rings is 1. The Kier molecular flexibility index (Phi) is 5.86. The maximum absolute atomic E-state index is 10.3. The van der Waals surface area contributed by atoms with E-state index in [-0.39, 0.29) is 11.8 Å². The second-order valence-corrected chi connectivity index (χ2v) is 4.97. The molecular weight excluding hydrogens is 250 g/mol. The molecule has 18 heavy (non-hydrogen) atoms. The lowest BCUT2D eigenvalue weighted by Gasteiger charge is -2.07. The summed E-state index contributed by atoms with van der Waals surface area (Å²) in [4.78, 5) is 20.7. The van der Waals surface area contributed by atoms with Crippen molar-refractivity contribution in [1.29, 1.82) is 0 Å². The van der Waals surface area contributed by atoms with Crippen LogP contribution in [0.25, 0.3) is 0 Å². The van der Waals surface area contributed by atoms with Crippen molar-refractivity contribution in [2.24, 2.45) is 0 Å². The number of hydrogen-bond acceptors (Lipinski definition) is 2. The molecule has 2 rings (SSSR count). The lowest BCUT2D eigenvalue weighted by Crippen LogP contribution is -2.33. The van der Waals surface area contributed by atoms with Gasteiger partial charge in [-0.15, -0.1) is 0 Å². The van der Waals surface area contributed by atoms with Crippen molar-refractivity contribution < 1.29 is 9.59 Å². The van der Waals surface area contributed by atoms with Crippen LogP contribution >= 0.6 is 11.6 Å². The third-order valence-electron chi connectivity index (χ3n) is 2.62. The van der Waals surface area contributed by atoms with Gasteiger partial charge in [-0.05, 0) is 30.0 Å². The van der Waals surface area contributed by atoms with E-state index in [1.165, 1.54) is 5.56 Å².